The van der Waals surface area contributed by atoms with Crippen molar-refractivity contribution in [3.8, 4) is 0 Å². The second-order valence-corrected chi connectivity index (χ2v) is 14.2. The number of nitrogens with zero attached hydrogens (tertiary/aromatic N) is 1. The number of fused-ring (bicyclic) bond motifs is 1. The lowest BCUT2D eigenvalue weighted by molar-refractivity contribution is -0.146. The van der Waals surface area contributed by atoms with Crippen molar-refractivity contribution in [1.29, 1.82) is 0 Å². The predicted molar refractivity (Wildman–Crippen MR) is 150 cm³/mol. The fourth-order valence-electron chi connectivity index (χ4n) is 8.85. The molecule has 1 saturated heterocycles. The molecule has 2 N–H and O–H groups in total. The van der Waals surface area contributed by atoms with Crippen LogP contribution in [0.4, 0.5) is 0 Å². The van der Waals surface area contributed by atoms with Crippen LogP contribution in [0.25, 0.3) is 0 Å². The number of halogens is 1. The fraction of sp³-hybridized carbons (Fsp3) is 0.710. The Bertz CT molecular complexity index is 1100. The Labute approximate surface area is 232 Å². The second kappa shape index (κ2) is 9.83. The van der Waals surface area contributed by atoms with Gasteiger partial charge < -0.3 is 15.5 Å². The standard InChI is InChI=1S/C31H44ClN3O3/c1-19(2)27(28(38)35-13-12-25(29(4,5)18-35)22-7-10-24(32)11-8-22)33-26(37)17-30-14-21-6-9-23(16-30)31(30,15-21)34-20(3)36/h7-8,10-11,19,21,23,25,27H,6,9,12-18H2,1-5H3,(H,33,37)(H,34,36)/t21?,23?,25?,27-,30?,31?/m1/s1. The molecule has 5 unspecified atom stereocenters. The van der Waals surface area contributed by atoms with Crippen LogP contribution in [-0.4, -0.2) is 47.3 Å². The highest BCUT2D eigenvalue weighted by molar-refractivity contribution is 6.30. The summed E-state index contributed by atoms with van der Waals surface area (Å²) in [5, 5.41) is 7.20. The summed E-state index contributed by atoms with van der Waals surface area (Å²) in [6, 6.07) is 7.52. The Kier molecular flexibility index (Phi) is 7.11. The number of nitrogens with one attached hydrogen (secondary N) is 2. The molecule has 0 spiro atoms. The van der Waals surface area contributed by atoms with Crippen LogP contribution in [0.15, 0.2) is 24.3 Å². The molecule has 1 aliphatic heterocycles. The minimum atomic E-state index is -0.546. The van der Waals surface area contributed by atoms with E-state index < -0.39 is 6.04 Å². The summed E-state index contributed by atoms with van der Waals surface area (Å²) in [6.45, 7) is 11.4. The van der Waals surface area contributed by atoms with Crippen LogP contribution in [0.1, 0.15) is 91.0 Å². The van der Waals surface area contributed by atoms with Gasteiger partial charge in [0.15, 0.2) is 0 Å². The summed E-state index contributed by atoms with van der Waals surface area (Å²) in [5.41, 5.74) is 0.759. The maximum atomic E-state index is 13.8. The molecule has 2 bridgehead atoms. The molecular formula is C31H44ClN3O3. The number of amides is 3. The second-order valence-electron chi connectivity index (χ2n) is 13.8. The van der Waals surface area contributed by atoms with E-state index in [0.29, 0.717) is 37.3 Å². The van der Waals surface area contributed by atoms with E-state index in [1.54, 1.807) is 6.92 Å². The summed E-state index contributed by atoms with van der Waals surface area (Å²) in [7, 11) is 0. The zero-order chi connectivity index (χ0) is 27.5. The van der Waals surface area contributed by atoms with Crippen molar-refractivity contribution in [3.63, 3.8) is 0 Å². The van der Waals surface area contributed by atoms with E-state index in [-0.39, 0.29) is 40.0 Å². The number of hydrogen-bond donors (Lipinski definition) is 2. The van der Waals surface area contributed by atoms with Crippen molar-refractivity contribution in [3.05, 3.63) is 34.9 Å². The van der Waals surface area contributed by atoms with E-state index in [1.807, 2.05) is 30.9 Å². The van der Waals surface area contributed by atoms with Gasteiger partial charge in [0, 0.05) is 42.4 Å². The smallest absolute Gasteiger partial charge is 0.245 e. The average Bonchev–Trinajstić information content (AvgIpc) is 2.95. The molecule has 5 rings (SSSR count). The Morgan fingerprint density at radius 3 is 2.39 bits per heavy atom. The predicted octanol–water partition coefficient (Wildman–Crippen LogP) is 5.30. The molecule has 7 heteroatoms. The minimum absolute atomic E-state index is 0.00175. The number of benzene rings is 1. The molecule has 38 heavy (non-hydrogen) atoms. The van der Waals surface area contributed by atoms with E-state index in [9.17, 15) is 14.4 Å². The molecule has 3 aliphatic carbocycles. The number of rotatable bonds is 7. The van der Waals surface area contributed by atoms with Crippen molar-refractivity contribution < 1.29 is 14.4 Å². The molecule has 3 saturated carbocycles. The molecule has 4 aliphatic rings. The first-order valence-corrected chi connectivity index (χ1v) is 14.9. The van der Waals surface area contributed by atoms with Crippen molar-refractivity contribution in [2.75, 3.05) is 13.1 Å². The van der Waals surface area contributed by atoms with Gasteiger partial charge in [-0.15, -0.1) is 0 Å². The van der Waals surface area contributed by atoms with Crippen LogP contribution < -0.4 is 10.6 Å². The molecule has 1 aromatic rings. The molecular weight excluding hydrogens is 498 g/mol. The van der Waals surface area contributed by atoms with Crippen molar-refractivity contribution in [2.45, 2.75) is 97.1 Å². The normalized spacial score (nSPS) is 33.9. The molecule has 0 aromatic heterocycles. The van der Waals surface area contributed by atoms with E-state index >= 15 is 0 Å². The molecule has 1 heterocycles. The Balaban J connectivity index is 1.26. The van der Waals surface area contributed by atoms with Crippen molar-refractivity contribution in [2.24, 2.45) is 28.6 Å². The molecule has 6 nitrogen and oxygen atoms in total. The van der Waals surface area contributed by atoms with Crippen LogP contribution >= 0.6 is 11.6 Å². The highest BCUT2D eigenvalue weighted by Gasteiger charge is 2.71. The lowest BCUT2D eigenvalue weighted by Crippen LogP contribution is -2.71. The monoisotopic (exact) mass is 541 g/mol. The topological polar surface area (TPSA) is 78.5 Å². The van der Waals surface area contributed by atoms with Gasteiger partial charge in [0.05, 0.1) is 0 Å². The zero-order valence-electron chi connectivity index (χ0n) is 23.6. The van der Waals surface area contributed by atoms with E-state index in [4.69, 9.17) is 11.6 Å². The van der Waals surface area contributed by atoms with Gasteiger partial charge in [0.2, 0.25) is 17.7 Å². The third kappa shape index (κ3) is 4.65. The first-order valence-electron chi connectivity index (χ1n) is 14.5. The lowest BCUT2D eigenvalue weighted by Gasteiger charge is -2.62. The molecule has 6 atom stereocenters. The van der Waals surface area contributed by atoms with Gasteiger partial charge in [-0.25, -0.2) is 0 Å². The highest BCUT2D eigenvalue weighted by atomic mass is 35.5. The van der Waals surface area contributed by atoms with Gasteiger partial charge in [-0.1, -0.05) is 51.4 Å². The molecule has 3 amide bonds. The number of hydrogen-bond acceptors (Lipinski definition) is 3. The summed E-state index contributed by atoms with van der Waals surface area (Å²) in [6.07, 6.45) is 6.61. The zero-order valence-corrected chi connectivity index (χ0v) is 24.4. The third-order valence-corrected chi connectivity index (χ3v) is 10.7. The molecule has 208 valence electrons. The van der Waals surface area contributed by atoms with Crippen LogP contribution in [0.3, 0.4) is 0 Å². The van der Waals surface area contributed by atoms with Gasteiger partial charge in [0.25, 0.3) is 0 Å². The number of carbonyl (C=O) groups excluding carboxylic acids is 3. The minimum Gasteiger partial charge on any atom is -0.350 e. The summed E-state index contributed by atoms with van der Waals surface area (Å²) < 4.78 is 0. The van der Waals surface area contributed by atoms with Crippen LogP contribution in [0.2, 0.25) is 5.02 Å². The maximum Gasteiger partial charge on any atom is 0.245 e. The van der Waals surface area contributed by atoms with Crippen molar-refractivity contribution >= 4 is 29.3 Å². The Morgan fingerprint density at radius 2 is 1.76 bits per heavy atom. The highest BCUT2D eigenvalue weighted by Crippen LogP contribution is 2.71. The third-order valence-electron chi connectivity index (χ3n) is 10.5. The molecule has 0 radical (unpaired) electrons. The fourth-order valence-corrected chi connectivity index (χ4v) is 8.98. The van der Waals surface area contributed by atoms with Crippen molar-refractivity contribution in [1.82, 2.24) is 15.5 Å². The van der Waals surface area contributed by atoms with E-state index in [0.717, 1.165) is 37.1 Å². The summed E-state index contributed by atoms with van der Waals surface area (Å²) >= 11 is 6.11. The summed E-state index contributed by atoms with van der Waals surface area (Å²) in [5.74, 6) is 1.35. The van der Waals surface area contributed by atoms with Gasteiger partial charge >= 0.3 is 0 Å². The van der Waals surface area contributed by atoms with E-state index in [2.05, 4.69) is 36.6 Å². The van der Waals surface area contributed by atoms with E-state index in [1.165, 1.54) is 12.0 Å². The number of likely N-dealkylation sites (tertiary alicyclic amines) is 1. The average molecular weight is 542 g/mol. The Hall–Kier alpha value is -2.08. The maximum absolute atomic E-state index is 13.8. The summed E-state index contributed by atoms with van der Waals surface area (Å²) in [4.78, 5) is 41.4. The van der Waals surface area contributed by atoms with Gasteiger partial charge in [-0.2, -0.15) is 0 Å². The van der Waals surface area contributed by atoms with Gasteiger partial charge in [-0.05, 0) is 85.3 Å². The molecule has 4 fully saturated rings. The van der Waals surface area contributed by atoms with Crippen LogP contribution in [0, 0.1) is 28.6 Å². The number of carbonyl (C=O) groups is 3. The first-order chi connectivity index (χ1) is 17.9. The number of piperidine rings is 1. The Morgan fingerprint density at radius 1 is 1.05 bits per heavy atom. The van der Waals surface area contributed by atoms with Gasteiger partial charge in [0.1, 0.15) is 6.04 Å². The van der Waals surface area contributed by atoms with Crippen LogP contribution in [-0.2, 0) is 14.4 Å². The quantitative estimate of drug-likeness (QED) is 0.492. The first kappa shape index (κ1) is 27.5. The lowest BCUT2D eigenvalue weighted by atomic mass is 9.47. The van der Waals surface area contributed by atoms with Gasteiger partial charge in [-0.3, -0.25) is 14.4 Å². The SMILES string of the molecule is CC(=O)NC12CC3CCC1CC2(CC(=O)N[C@@H](C(=O)N1CCC(c2ccc(Cl)cc2)C(C)(C)C1)C(C)C)C3. The van der Waals surface area contributed by atoms with Crippen LogP contribution in [0.5, 0.6) is 0 Å². The largest absolute Gasteiger partial charge is 0.350 e. The molecule has 1 aromatic carbocycles.